The number of nitrogens with zero attached hydrogens (tertiary/aromatic N) is 3. The fourth-order valence-electron chi connectivity index (χ4n) is 2.44. The number of anilines is 1. The molecule has 0 saturated carbocycles. The maximum Gasteiger partial charge on any atom is 0.230 e. The third-order valence-corrected chi connectivity index (χ3v) is 3.43. The van der Waals surface area contributed by atoms with Crippen molar-refractivity contribution in [2.24, 2.45) is 13.0 Å². The molecule has 1 aliphatic heterocycles. The van der Waals surface area contributed by atoms with Crippen molar-refractivity contribution in [2.75, 3.05) is 11.9 Å². The molecular weight excluding hydrogens is 256 g/mol. The van der Waals surface area contributed by atoms with E-state index in [0.717, 1.165) is 17.7 Å². The lowest BCUT2D eigenvalue weighted by molar-refractivity contribution is -0.121. The molecule has 6 nitrogen and oxygen atoms in total. The van der Waals surface area contributed by atoms with Gasteiger partial charge in [-0.1, -0.05) is 0 Å². The molecule has 0 aromatic carbocycles. The smallest absolute Gasteiger partial charge is 0.230 e. The first-order chi connectivity index (χ1) is 9.74. The lowest BCUT2D eigenvalue weighted by atomic mass is 9.96. The number of amides is 1. The maximum absolute atomic E-state index is 12.4. The second kappa shape index (κ2) is 5.42. The van der Waals surface area contributed by atoms with Gasteiger partial charge in [-0.2, -0.15) is 5.10 Å². The predicted octanol–water partition coefficient (Wildman–Crippen LogP) is 1.53. The molecule has 1 amide bonds. The Bertz CT molecular complexity index is 596. The predicted molar refractivity (Wildman–Crippen MR) is 72.9 cm³/mol. The van der Waals surface area contributed by atoms with Crippen LogP contribution < -0.4 is 5.32 Å². The van der Waals surface area contributed by atoms with Gasteiger partial charge in [0.1, 0.15) is 0 Å². The van der Waals surface area contributed by atoms with Gasteiger partial charge in [-0.15, -0.1) is 0 Å². The Morgan fingerprint density at radius 3 is 2.95 bits per heavy atom. The van der Waals surface area contributed by atoms with E-state index in [-0.39, 0.29) is 17.9 Å². The van der Waals surface area contributed by atoms with Crippen LogP contribution in [0.25, 0.3) is 0 Å². The number of carbonyl (C=O) groups excluding carboxylic acids is 1. The number of carbonyl (C=O) groups is 1. The highest BCUT2D eigenvalue weighted by molar-refractivity contribution is 5.93. The van der Waals surface area contributed by atoms with Gasteiger partial charge in [0.25, 0.3) is 0 Å². The van der Waals surface area contributed by atoms with E-state index < -0.39 is 0 Å². The molecule has 0 radical (unpaired) electrons. The van der Waals surface area contributed by atoms with Crippen LogP contribution in [0.5, 0.6) is 0 Å². The molecule has 3 heterocycles. The highest BCUT2D eigenvalue weighted by Gasteiger charge is 2.35. The first kappa shape index (κ1) is 12.8. The summed E-state index contributed by atoms with van der Waals surface area (Å²) in [6.45, 7) is 0.591. The van der Waals surface area contributed by atoms with Crippen LogP contribution in [-0.2, 0) is 16.6 Å². The summed E-state index contributed by atoms with van der Waals surface area (Å²) in [5, 5.41) is 7.04. The van der Waals surface area contributed by atoms with Crippen molar-refractivity contribution < 1.29 is 9.53 Å². The van der Waals surface area contributed by atoms with Crippen LogP contribution in [0.4, 0.5) is 5.69 Å². The molecule has 0 spiro atoms. The number of aromatic nitrogens is 3. The van der Waals surface area contributed by atoms with E-state index in [1.54, 1.807) is 35.4 Å². The molecule has 6 heteroatoms. The Hall–Kier alpha value is -2.21. The molecule has 0 unspecified atom stereocenters. The normalized spacial score (nSPS) is 21.9. The monoisotopic (exact) mass is 272 g/mol. The maximum atomic E-state index is 12.4. The van der Waals surface area contributed by atoms with E-state index in [2.05, 4.69) is 15.4 Å². The minimum Gasteiger partial charge on any atom is -0.373 e. The van der Waals surface area contributed by atoms with Crippen molar-refractivity contribution in [2.45, 2.75) is 12.5 Å². The molecule has 2 aromatic rings. The van der Waals surface area contributed by atoms with Gasteiger partial charge >= 0.3 is 0 Å². The van der Waals surface area contributed by atoms with Gasteiger partial charge in [0, 0.05) is 43.5 Å². The first-order valence-corrected chi connectivity index (χ1v) is 6.55. The highest BCUT2D eigenvalue weighted by atomic mass is 16.5. The van der Waals surface area contributed by atoms with Gasteiger partial charge in [-0.3, -0.25) is 14.5 Å². The number of rotatable bonds is 3. The van der Waals surface area contributed by atoms with Gasteiger partial charge in [-0.05, 0) is 18.6 Å². The molecule has 1 aliphatic rings. The molecule has 1 N–H and O–H groups in total. The third-order valence-electron chi connectivity index (χ3n) is 3.43. The van der Waals surface area contributed by atoms with Gasteiger partial charge in [-0.25, -0.2) is 0 Å². The van der Waals surface area contributed by atoms with Gasteiger partial charge in [0.05, 0.1) is 18.2 Å². The van der Waals surface area contributed by atoms with E-state index in [1.807, 2.05) is 13.2 Å². The first-order valence-electron chi connectivity index (χ1n) is 6.55. The molecule has 2 atom stereocenters. The summed E-state index contributed by atoms with van der Waals surface area (Å²) in [4.78, 5) is 16.3. The van der Waals surface area contributed by atoms with Crippen molar-refractivity contribution in [3.8, 4) is 0 Å². The summed E-state index contributed by atoms with van der Waals surface area (Å²) in [5.74, 6) is -0.213. The Morgan fingerprint density at radius 1 is 1.45 bits per heavy atom. The third kappa shape index (κ3) is 2.55. The summed E-state index contributed by atoms with van der Waals surface area (Å²) >= 11 is 0. The van der Waals surface area contributed by atoms with Crippen LogP contribution in [0.3, 0.4) is 0 Å². The number of hydrogen-bond acceptors (Lipinski definition) is 4. The molecule has 104 valence electrons. The van der Waals surface area contributed by atoms with Crippen LogP contribution in [0.2, 0.25) is 0 Å². The van der Waals surface area contributed by atoms with E-state index in [9.17, 15) is 4.79 Å². The van der Waals surface area contributed by atoms with Crippen LogP contribution in [-0.4, -0.2) is 27.3 Å². The second-order valence-corrected chi connectivity index (χ2v) is 4.86. The van der Waals surface area contributed by atoms with Crippen LogP contribution >= 0.6 is 0 Å². The molecule has 20 heavy (non-hydrogen) atoms. The summed E-state index contributed by atoms with van der Waals surface area (Å²) < 4.78 is 7.41. The van der Waals surface area contributed by atoms with Gasteiger partial charge < -0.3 is 10.1 Å². The van der Waals surface area contributed by atoms with Crippen molar-refractivity contribution in [1.29, 1.82) is 0 Å². The van der Waals surface area contributed by atoms with Crippen molar-refractivity contribution in [3.63, 3.8) is 0 Å². The topological polar surface area (TPSA) is 69.0 Å². The second-order valence-electron chi connectivity index (χ2n) is 4.86. The standard InChI is InChI=1S/C14H16N4O2/c1-18-9-10(8-16-18)13-12(4-7-20-13)14(19)17-11-2-5-15-6-3-11/h2-3,5-6,8-9,12-13H,4,7H2,1H3,(H,15,17,19)/t12-,13+/m0/s1. The Morgan fingerprint density at radius 2 is 2.25 bits per heavy atom. The van der Waals surface area contributed by atoms with Crippen LogP contribution in [0.1, 0.15) is 18.1 Å². The SMILES string of the molecule is Cn1cc([C@H]2OCC[C@@H]2C(=O)Nc2ccncc2)cn1. The number of ether oxygens (including phenoxy) is 1. The average Bonchev–Trinajstić information content (AvgIpc) is 3.08. The summed E-state index contributed by atoms with van der Waals surface area (Å²) in [6.07, 6.45) is 7.45. The summed E-state index contributed by atoms with van der Waals surface area (Å²) in [5.41, 5.74) is 1.70. The molecule has 0 aliphatic carbocycles. The fourth-order valence-corrected chi connectivity index (χ4v) is 2.44. The quantitative estimate of drug-likeness (QED) is 0.920. The molecule has 1 fully saturated rings. The Balaban J connectivity index is 1.73. The molecule has 2 aromatic heterocycles. The van der Waals surface area contributed by atoms with Gasteiger partial charge in [0.2, 0.25) is 5.91 Å². The van der Waals surface area contributed by atoms with Crippen molar-refractivity contribution in [3.05, 3.63) is 42.5 Å². The van der Waals surface area contributed by atoms with E-state index in [4.69, 9.17) is 4.74 Å². The Kier molecular flexibility index (Phi) is 3.47. The zero-order valence-electron chi connectivity index (χ0n) is 11.2. The minimum absolute atomic E-state index is 0.0254. The van der Waals surface area contributed by atoms with E-state index in [1.165, 1.54) is 0 Å². The average molecular weight is 272 g/mol. The summed E-state index contributed by atoms with van der Waals surface area (Å²) in [6, 6.07) is 3.54. The molecular formula is C14H16N4O2. The zero-order valence-corrected chi connectivity index (χ0v) is 11.2. The molecule has 1 saturated heterocycles. The summed E-state index contributed by atoms with van der Waals surface area (Å²) in [7, 11) is 1.85. The lowest BCUT2D eigenvalue weighted by Crippen LogP contribution is -2.25. The van der Waals surface area contributed by atoms with E-state index in [0.29, 0.717) is 6.61 Å². The highest BCUT2D eigenvalue weighted by Crippen LogP contribution is 2.35. The van der Waals surface area contributed by atoms with Crippen LogP contribution in [0.15, 0.2) is 36.9 Å². The molecule has 0 bridgehead atoms. The number of nitrogens with one attached hydrogen (secondary N) is 1. The van der Waals surface area contributed by atoms with Gasteiger partial charge in [0.15, 0.2) is 0 Å². The minimum atomic E-state index is -0.217. The molecule has 3 rings (SSSR count). The van der Waals surface area contributed by atoms with Crippen LogP contribution in [0, 0.1) is 5.92 Å². The van der Waals surface area contributed by atoms with Crippen molar-refractivity contribution >= 4 is 11.6 Å². The number of hydrogen-bond donors (Lipinski definition) is 1. The fraction of sp³-hybridized carbons (Fsp3) is 0.357. The lowest BCUT2D eigenvalue weighted by Gasteiger charge is -2.16. The number of pyridine rings is 1. The zero-order chi connectivity index (χ0) is 13.9. The Labute approximate surface area is 116 Å². The number of aryl methyl sites for hydroxylation is 1. The largest absolute Gasteiger partial charge is 0.373 e. The van der Waals surface area contributed by atoms with Crippen molar-refractivity contribution in [1.82, 2.24) is 14.8 Å². The van der Waals surface area contributed by atoms with E-state index >= 15 is 0 Å².